The van der Waals surface area contributed by atoms with Gasteiger partial charge in [0, 0.05) is 19.0 Å². The molecule has 2 heterocycles. The molecule has 3 nitrogen and oxygen atoms in total. The Morgan fingerprint density at radius 3 is 3.09 bits per heavy atom. The van der Waals surface area contributed by atoms with E-state index >= 15 is 0 Å². The summed E-state index contributed by atoms with van der Waals surface area (Å²) in [6, 6.07) is 0. The summed E-state index contributed by atoms with van der Waals surface area (Å²) in [7, 11) is 0. The Hall–Kier alpha value is -0.710. The van der Waals surface area contributed by atoms with Crippen LogP contribution in [0.4, 0.5) is 9.52 Å². The van der Waals surface area contributed by atoms with Crippen molar-refractivity contribution in [3.05, 3.63) is 5.51 Å². The molecule has 1 aromatic rings. The Kier molecular flexibility index (Phi) is 1.73. The van der Waals surface area contributed by atoms with Crippen LogP contribution in [0, 0.1) is 5.92 Å². The molecule has 60 valence electrons. The highest BCUT2D eigenvalue weighted by Crippen LogP contribution is 2.25. The third kappa shape index (κ3) is 1.20. The molecule has 2 rings (SSSR count). The SMILES string of the molecule is FCC1CN(c2nncs2)C1. The van der Waals surface area contributed by atoms with E-state index in [1.807, 2.05) is 4.90 Å². The highest BCUT2D eigenvalue weighted by Gasteiger charge is 2.28. The second kappa shape index (κ2) is 2.73. The molecular formula is C6H8FN3S. The van der Waals surface area contributed by atoms with Gasteiger partial charge in [0.05, 0.1) is 6.67 Å². The Morgan fingerprint density at radius 1 is 1.73 bits per heavy atom. The van der Waals surface area contributed by atoms with Gasteiger partial charge in [-0.1, -0.05) is 11.3 Å². The maximum atomic E-state index is 12.0. The van der Waals surface area contributed by atoms with Crippen LogP contribution in [0.1, 0.15) is 0 Å². The van der Waals surface area contributed by atoms with Gasteiger partial charge in [0.25, 0.3) is 0 Å². The van der Waals surface area contributed by atoms with E-state index in [0.29, 0.717) is 0 Å². The topological polar surface area (TPSA) is 29.0 Å². The van der Waals surface area contributed by atoms with Gasteiger partial charge in [-0.25, -0.2) is 0 Å². The predicted octanol–water partition coefficient (Wildman–Crippen LogP) is 0.944. The van der Waals surface area contributed by atoms with E-state index < -0.39 is 0 Å². The second-order valence-electron chi connectivity index (χ2n) is 2.65. The average Bonchev–Trinajstić information content (AvgIpc) is 2.37. The third-order valence-electron chi connectivity index (χ3n) is 1.79. The van der Waals surface area contributed by atoms with Gasteiger partial charge in [-0.05, 0) is 0 Å². The van der Waals surface area contributed by atoms with Gasteiger partial charge in [-0.3, -0.25) is 4.39 Å². The van der Waals surface area contributed by atoms with Crippen molar-refractivity contribution in [1.82, 2.24) is 10.2 Å². The van der Waals surface area contributed by atoms with Crippen molar-refractivity contribution >= 4 is 16.5 Å². The fraction of sp³-hybridized carbons (Fsp3) is 0.667. The lowest BCUT2D eigenvalue weighted by molar-refractivity contribution is 0.306. The molecule has 0 aromatic carbocycles. The summed E-state index contributed by atoms with van der Waals surface area (Å²) >= 11 is 1.50. The van der Waals surface area contributed by atoms with Gasteiger partial charge in [0.15, 0.2) is 0 Å². The molecule has 0 bridgehead atoms. The number of aromatic nitrogens is 2. The zero-order valence-electron chi connectivity index (χ0n) is 5.90. The number of halogens is 1. The summed E-state index contributed by atoms with van der Waals surface area (Å²) in [6.45, 7) is 1.38. The maximum Gasteiger partial charge on any atom is 0.208 e. The Labute approximate surface area is 67.9 Å². The van der Waals surface area contributed by atoms with Gasteiger partial charge in [0.1, 0.15) is 5.51 Å². The molecule has 0 aliphatic carbocycles. The molecule has 0 saturated carbocycles. The fourth-order valence-electron chi connectivity index (χ4n) is 1.13. The largest absolute Gasteiger partial charge is 0.346 e. The van der Waals surface area contributed by atoms with Gasteiger partial charge in [-0.2, -0.15) is 0 Å². The number of alkyl halides is 1. The van der Waals surface area contributed by atoms with Crippen LogP contribution in [0.2, 0.25) is 0 Å². The first kappa shape index (κ1) is 6.97. The fourth-order valence-corrected chi connectivity index (χ4v) is 1.71. The van der Waals surface area contributed by atoms with Crippen molar-refractivity contribution in [3.63, 3.8) is 0 Å². The molecule has 0 unspecified atom stereocenters. The van der Waals surface area contributed by atoms with Crippen LogP contribution in [0.5, 0.6) is 0 Å². The van der Waals surface area contributed by atoms with Crippen LogP contribution in [0.25, 0.3) is 0 Å². The zero-order valence-corrected chi connectivity index (χ0v) is 6.72. The molecule has 11 heavy (non-hydrogen) atoms. The predicted molar refractivity (Wildman–Crippen MR) is 41.6 cm³/mol. The van der Waals surface area contributed by atoms with Crippen molar-refractivity contribution in [1.29, 1.82) is 0 Å². The lowest BCUT2D eigenvalue weighted by Gasteiger charge is -2.36. The summed E-state index contributed by atoms with van der Waals surface area (Å²) in [4.78, 5) is 2.04. The number of hydrogen-bond donors (Lipinski definition) is 0. The molecule has 0 amide bonds. The number of rotatable bonds is 2. The van der Waals surface area contributed by atoms with Crippen LogP contribution in [-0.4, -0.2) is 30.0 Å². The Bertz CT molecular complexity index is 220. The van der Waals surface area contributed by atoms with E-state index in [0.717, 1.165) is 18.2 Å². The molecule has 1 aliphatic rings. The second-order valence-corrected chi connectivity index (χ2v) is 3.46. The van der Waals surface area contributed by atoms with Gasteiger partial charge in [-0.15, -0.1) is 10.2 Å². The summed E-state index contributed by atoms with van der Waals surface area (Å²) in [5.41, 5.74) is 1.69. The normalized spacial score (nSPS) is 18.5. The molecule has 5 heteroatoms. The van der Waals surface area contributed by atoms with Crippen molar-refractivity contribution < 1.29 is 4.39 Å². The first-order valence-corrected chi connectivity index (χ1v) is 4.35. The summed E-state index contributed by atoms with van der Waals surface area (Å²) < 4.78 is 12.0. The van der Waals surface area contributed by atoms with Crippen LogP contribution >= 0.6 is 11.3 Å². The van der Waals surface area contributed by atoms with E-state index in [9.17, 15) is 4.39 Å². The molecule has 0 N–H and O–H groups in total. The van der Waals surface area contributed by atoms with E-state index in [1.54, 1.807) is 5.51 Å². The third-order valence-corrected chi connectivity index (χ3v) is 2.54. The van der Waals surface area contributed by atoms with Crippen molar-refractivity contribution in [3.8, 4) is 0 Å². The molecule has 1 fully saturated rings. The summed E-state index contributed by atoms with van der Waals surface area (Å²) in [5.74, 6) is 0.221. The first-order chi connectivity index (χ1) is 5.40. The summed E-state index contributed by atoms with van der Waals surface area (Å²) in [6.07, 6.45) is 0. The van der Waals surface area contributed by atoms with Crippen LogP contribution < -0.4 is 4.90 Å². The van der Waals surface area contributed by atoms with Gasteiger partial charge >= 0.3 is 0 Å². The highest BCUT2D eigenvalue weighted by atomic mass is 32.1. The average molecular weight is 173 g/mol. The molecule has 1 aromatic heterocycles. The molecule has 0 radical (unpaired) electrons. The van der Waals surface area contributed by atoms with Crippen LogP contribution in [0.3, 0.4) is 0 Å². The Morgan fingerprint density at radius 2 is 2.55 bits per heavy atom. The first-order valence-electron chi connectivity index (χ1n) is 3.47. The minimum atomic E-state index is -0.213. The lowest BCUT2D eigenvalue weighted by Crippen LogP contribution is -2.47. The number of hydrogen-bond acceptors (Lipinski definition) is 4. The van der Waals surface area contributed by atoms with Crippen LogP contribution in [-0.2, 0) is 0 Å². The monoisotopic (exact) mass is 173 g/mol. The summed E-state index contributed by atoms with van der Waals surface area (Å²) in [5, 5.41) is 8.50. The lowest BCUT2D eigenvalue weighted by atomic mass is 10.0. The molecule has 0 spiro atoms. The van der Waals surface area contributed by atoms with Gasteiger partial charge in [0.2, 0.25) is 5.13 Å². The molecular weight excluding hydrogens is 165 g/mol. The maximum absolute atomic E-state index is 12.0. The Balaban J connectivity index is 1.92. The molecule has 0 atom stereocenters. The van der Waals surface area contributed by atoms with Crippen molar-refractivity contribution in [2.45, 2.75) is 0 Å². The minimum Gasteiger partial charge on any atom is -0.346 e. The van der Waals surface area contributed by atoms with E-state index in [4.69, 9.17) is 0 Å². The van der Waals surface area contributed by atoms with Gasteiger partial charge < -0.3 is 4.90 Å². The van der Waals surface area contributed by atoms with E-state index in [1.165, 1.54) is 11.3 Å². The standard InChI is InChI=1S/C6H8FN3S/c7-1-5-2-10(3-5)6-9-8-4-11-6/h4-5H,1-3H2. The quantitative estimate of drug-likeness (QED) is 0.666. The van der Waals surface area contributed by atoms with E-state index in [-0.39, 0.29) is 12.6 Å². The highest BCUT2D eigenvalue weighted by molar-refractivity contribution is 7.13. The van der Waals surface area contributed by atoms with Crippen molar-refractivity contribution in [2.24, 2.45) is 5.92 Å². The number of anilines is 1. The molecule has 1 aliphatic heterocycles. The molecule has 1 saturated heterocycles. The minimum absolute atomic E-state index is 0.213. The number of nitrogens with zero attached hydrogens (tertiary/aromatic N) is 3. The zero-order chi connectivity index (χ0) is 7.68. The van der Waals surface area contributed by atoms with Crippen molar-refractivity contribution in [2.75, 3.05) is 24.7 Å². The van der Waals surface area contributed by atoms with E-state index in [2.05, 4.69) is 10.2 Å². The van der Waals surface area contributed by atoms with Crippen LogP contribution in [0.15, 0.2) is 5.51 Å². The smallest absolute Gasteiger partial charge is 0.208 e.